The van der Waals surface area contributed by atoms with Crippen LogP contribution in [0.3, 0.4) is 0 Å². The van der Waals surface area contributed by atoms with Crippen LogP contribution in [0.4, 0.5) is 14.9 Å². The zero-order valence-corrected chi connectivity index (χ0v) is 10.7. The molecular weight excluding hydrogens is 235 g/mol. The molecule has 0 radical (unpaired) electrons. The van der Waals surface area contributed by atoms with Gasteiger partial charge >= 0.3 is 6.03 Å². The number of hydrogen-bond acceptors (Lipinski definition) is 2. The number of urea groups is 1. The highest BCUT2D eigenvalue weighted by atomic mass is 19.1. The molecule has 0 heterocycles. The van der Waals surface area contributed by atoms with E-state index in [1.807, 2.05) is 6.92 Å². The highest BCUT2D eigenvalue weighted by molar-refractivity contribution is 5.90. The van der Waals surface area contributed by atoms with Gasteiger partial charge in [0, 0.05) is 18.8 Å². The third kappa shape index (κ3) is 4.00. The Labute approximate surface area is 106 Å². The van der Waals surface area contributed by atoms with Gasteiger partial charge in [0.2, 0.25) is 0 Å². The lowest BCUT2D eigenvalue weighted by atomic mass is 10.2. The summed E-state index contributed by atoms with van der Waals surface area (Å²) in [4.78, 5) is 13.5. The van der Waals surface area contributed by atoms with Crippen LogP contribution in [0.25, 0.3) is 0 Å². The summed E-state index contributed by atoms with van der Waals surface area (Å²) in [5, 5.41) is 11.6. The molecule has 18 heavy (non-hydrogen) atoms. The molecule has 4 nitrogen and oxygen atoms in total. The first kappa shape index (κ1) is 14.4. The van der Waals surface area contributed by atoms with E-state index in [0.717, 1.165) is 6.42 Å². The second-order valence-electron chi connectivity index (χ2n) is 4.10. The van der Waals surface area contributed by atoms with Crippen molar-refractivity contribution in [3.05, 3.63) is 29.6 Å². The van der Waals surface area contributed by atoms with E-state index >= 15 is 0 Å². The average molecular weight is 254 g/mol. The first-order valence-corrected chi connectivity index (χ1v) is 6.01. The number of carbonyl (C=O) groups excluding carboxylic acids is 1. The van der Waals surface area contributed by atoms with Crippen molar-refractivity contribution in [2.45, 2.75) is 20.3 Å². The van der Waals surface area contributed by atoms with Gasteiger partial charge in [-0.05, 0) is 37.1 Å². The summed E-state index contributed by atoms with van der Waals surface area (Å²) in [7, 11) is 0. The molecule has 0 atom stereocenters. The van der Waals surface area contributed by atoms with Gasteiger partial charge in [-0.2, -0.15) is 0 Å². The lowest BCUT2D eigenvalue weighted by molar-refractivity contribution is 0.188. The molecular formula is C13H19FN2O2. The predicted octanol–water partition coefficient (Wildman–Crippen LogP) is 2.37. The van der Waals surface area contributed by atoms with Crippen LogP contribution in [0.5, 0.6) is 0 Å². The maximum atomic E-state index is 12.9. The van der Waals surface area contributed by atoms with Gasteiger partial charge in [0.1, 0.15) is 5.82 Å². The zero-order valence-electron chi connectivity index (χ0n) is 10.7. The lowest BCUT2D eigenvalue weighted by Crippen LogP contribution is -2.37. The number of halogens is 1. The molecule has 0 spiro atoms. The number of aliphatic hydroxyl groups excluding tert-OH is 1. The number of benzene rings is 1. The summed E-state index contributed by atoms with van der Waals surface area (Å²) in [5.74, 6) is -0.328. The summed E-state index contributed by atoms with van der Waals surface area (Å²) in [6.45, 7) is 4.48. The Balaban J connectivity index is 2.72. The second-order valence-corrected chi connectivity index (χ2v) is 4.10. The maximum Gasteiger partial charge on any atom is 0.321 e. The quantitative estimate of drug-likeness (QED) is 0.847. The predicted molar refractivity (Wildman–Crippen MR) is 69.1 cm³/mol. The van der Waals surface area contributed by atoms with E-state index in [2.05, 4.69) is 5.32 Å². The van der Waals surface area contributed by atoms with E-state index < -0.39 is 0 Å². The molecule has 1 aromatic rings. The molecule has 0 bridgehead atoms. The average Bonchev–Trinajstić information content (AvgIpc) is 2.32. The molecule has 0 unspecified atom stereocenters. The number of nitrogens with zero attached hydrogens (tertiary/aromatic N) is 1. The van der Waals surface area contributed by atoms with Crippen molar-refractivity contribution in [3.8, 4) is 0 Å². The SMILES string of the molecule is CCCN(CCO)C(=O)Nc1ccc(F)cc1C. The fraction of sp³-hybridized carbons (Fsp3) is 0.462. The van der Waals surface area contributed by atoms with Crippen LogP contribution in [-0.4, -0.2) is 35.7 Å². The molecule has 0 aliphatic carbocycles. The van der Waals surface area contributed by atoms with Crippen LogP contribution >= 0.6 is 0 Å². The van der Waals surface area contributed by atoms with Crippen molar-refractivity contribution in [2.75, 3.05) is 25.0 Å². The van der Waals surface area contributed by atoms with Crippen molar-refractivity contribution in [1.82, 2.24) is 4.90 Å². The molecule has 0 aliphatic heterocycles. The Kier molecular flexibility index (Phi) is 5.58. The third-order valence-corrected chi connectivity index (χ3v) is 2.58. The Bertz CT molecular complexity index is 404. The third-order valence-electron chi connectivity index (χ3n) is 2.58. The van der Waals surface area contributed by atoms with Crippen LogP contribution < -0.4 is 5.32 Å². The molecule has 0 aliphatic rings. The highest BCUT2D eigenvalue weighted by Gasteiger charge is 2.13. The fourth-order valence-electron chi connectivity index (χ4n) is 1.67. The van der Waals surface area contributed by atoms with Gasteiger partial charge in [-0.3, -0.25) is 0 Å². The van der Waals surface area contributed by atoms with Crippen molar-refractivity contribution < 1.29 is 14.3 Å². The number of hydrogen-bond donors (Lipinski definition) is 2. The smallest absolute Gasteiger partial charge is 0.321 e. The van der Waals surface area contributed by atoms with Crippen LogP contribution in [0, 0.1) is 12.7 Å². The van der Waals surface area contributed by atoms with Gasteiger partial charge in [-0.1, -0.05) is 6.92 Å². The van der Waals surface area contributed by atoms with Gasteiger partial charge in [-0.15, -0.1) is 0 Å². The zero-order chi connectivity index (χ0) is 13.5. The second kappa shape index (κ2) is 6.96. The van der Waals surface area contributed by atoms with Gasteiger partial charge in [0.25, 0.3) is 0 Å². The monoisotopic (exact) mass is 254 g/mol. The Morgan fingerprint density at radius 3 is 2.72 bits per heavy atom. The van der Waals surface area contributed by atoms with Gasteiger partial charge in [0.05, 0.1) is 6.61 Å². The number of carbonyl (C=O) groups is 1. The van der Waals surface area contributed by atoms with Crippen LogP contribution in [-0.2, 0) is 0 Å². The molecule has 5 heteroatoms. The van der Waals surface area contributed by atoms with E-state index in [1.54, 1.807) is 6.92 Å². The molecule has 100 valence electrons. The Morgan fingerprint density at radius 2 is 2.17 bits per heavy atom. The number of rotatable bonds is 5. The normalized spacial score (nSPS) is 10.2. The number of aryl methyl sites for hydroxylation is 1. The minimum absolute atomic E-state index is 0.0736. The fourth-order valence-corrected chi connectivity index (χ4v) is 1.67. The van der Waals surface area contributed by atoms with E-state index in [1.165, 1.54) is 23.1 Å². The van der Waals surface area contributed by atoms with Crippen molar-refractivity contribution in [1.29, 1.82) is 0 Å². The van der Waals surface area contributed by atoms with Gasteiger partial charge < -0.3 is 15.3 Å². The molecule has 0 fully saturated rings. The van der Waals surface area contributed by atoms with Crippen LogP contribution in [0.1, 0.15) is 18.9 Å². The lowest BCUT2D eigenvalue weighted by Gasteiger charge is -2.22. The largest absolute Gasteiger partial charge is 0.395 e. The standard InChI is InChI=1S/C13H19FN2O2/c1-3-6-16(7-8-17)13(18)15-12-5-4-11(14)9-10(12)2/h4-5,9,17H,3,6-8H2,1-2H3,(H,15,18). The summed E-state index contributed by atoms with van der Waals surface area (Å²) in [5.41, 5.74) is 1.25. The number of amides is 2. The Hall–Kier alpha value is -1.62. The molecule has 2 N–H and O–H groups in total. The molecule has 1 rings (SSSR count). The van der Waals surface area contributed by atoms with Crippen molar-refractivity contribution in [3.63, 3.8) is 0 Å². The number of anilines is 1. The summed E-state index contributed by atoms with van der Waals surface area (Å²) in [6, 6.07) is 3.93. The molecule has 0 saturated carbocycles. The first-order valence-electron chi connectivity index (χ1n) is 6.01. The van der Waals surface area contributed by atoms with Gasteiger partial charge in [-0.25, -0.2) is 9.18 Å². The van der Waals surface area contributed by atoms with E-state index in [0.29, 0.717) is 24.3 Å². The first-order chi connectivity index (χ1) is 8.58. The number of nitrogens with one attached hydrogen (secondary N) is 1. The van der Waals surface area contributed by atoms with Crippen LogP contribution in [0.2, 0.25) is 0 Å². The minimum Gasteiger partial charge on any atom is -0.395 e. The van der Waals surface area contributed by atoms with Gasteiger partial charge in [0.15, 0.2) is 0 Å². The van der Waals surface area contributed by atoms with Crippen molar-refractivity contribution in [2.24, 2.45) is 0 Å². The Morgan fingerprint density at radius 1 is 1.44 bits per heavy atom. The minimum atomic E-state index is -0.328. The molecule has 1 aromatic carbocycles. The van der Waals surface area contributed by atoms with E-state index in [9.17, 15) is 9.18 Å². The number of aliphatic hydroxyl groups is 1. The molecule has 2 amide bonds. The highest BCUT2D eigenvalue weighted by Crippen LogP contribution is 2.16. The molecule has 0 saturated heterocycles. The summed E-state index contributed by atoms with van der Waals surface area (Å²) < 4.78 is 12.9. The van der Waals surface area contributed by atoms with Crippen molar-refractivity contribution >= 4 is 11.7 Å². The van der Waals surface area contributed by atoms with E-state index in [-0.39, 0.29) is 18.5 Å². The summed E-state index contributed by atoms with van der Waals surface area (Å²) in [6.07, 6.45) is 0.815. The topological polar surface area (TPSA) is 52.6 Å². The summed E-state index contributed by atoms with van der Waals surface area (Å²) >= 11 is 0. The van der Waals surface area contributed by atoms with Crippen LogP contribution in [0.15, 0.2) is 18.2 Å². The van der Waals surface area contributed by atoms with E-state index in [4.69, 9.17) is 5.11 Å². The maximum absolute atomic E-state index is 12.9. The molecule has 0 aromatic heterocycles.